The molecule has 3 nitrogen and oxygen atoms in total. The fourth-order valence-corrected chi connectivity index (χ4v) is 4.12. The molecule has 0 aromatic heterocycles. The number of rotatable bonds is 13. The van der Waals surface area contributed by atoms with Crippen molar-refractivity contribution in [1.82, 2.24) is 10.2 Å². The molecular weight excluding hydrogens is 368 g/mol. The number of carbonyl (C=O) groups excluding carboxylic acids is 1. The maximum atomic E-state index is 12.4. The monoisotopic (exact) mass is 416 g/mol. The highest BCUT2D eigenvalue weighted by Gasteiger charge is 2.20. The predicted molar refractivity (Wildman–Crippen MR) is 132 cm³/mol. The molecule has 1 N–H and O–H groups in total. The molecule has 3 heteroatoms. The molecule has 1 heterocycles. The third-order valence-corrected chi connectivity index (χ3v) is 6.13. The van der Waals surface area contributed by atoms with Crippen molar-refractivity contribution in [3.8, 4) is 0 Å². The van der Waals surface area contributed by atoms with Gasteiger partial charge in [0.05, 0.1) is 0 Å². The highest BCUT2D eigenvalue weighted by Crippen LogP contribution is 2.16. The van der Waals surface area contributed by atoms with Gasteiger partial charge in [0.25, 0.3) is 0 Å². The van der Waals surface area contributed by atoms with Crippen LogP contribution in [0.3, 0.4) is 0 Å². The summed E-state index contributed by atoms with van der Waals surface area (Å²) in [5.74, 6) is 0.678. The number of carbonyl (C=O) groups is 1. The normalized spacial score (nSPS) is 19.5. The van der Waals surface area contributed by atoms with Crippen molar-refractivity contribution in [3.63, 3.8) is 0 Å². The maximum Gasteiger partial charge on any atom is 0.220 e. The molecular formula is C27H48N2O. The summed E-state index contributed by atoms with van der Waals surface area (Å²) in [5, 5.41) is 3.27. The number of likely N-dealkylation sites (tertiary alicyclic amines) is 1. The lowest BCUT2D eigenvalue weighted by Gasteiger charge is -2.32. The van der Waals surface area contributed by atoms with Crippen molar-refractivity contribution in [2.75, 3.05) is 19.6 Å². The van der Waals surface area contributed by atoms with Gasteiger partial charge in [-0.2, -0.15) is 0 Å². The Labute approximate surface area is 187 Å². The summed E-state index contributed by atoms with van der Waals surface area (Å²) in [6, 6.07) is 0.346. The second kappa shape index (κ2) is 15.5. The van der Waals surface area contributed by atoms with Crippen LogP contribution >= 0.6 is 0 Å². The maximum absolute atomic E-state index is 12.4. The van der Waals surface area contributed by atoms with Crippen molar-refractivity contribution in [2.24, 2.45) is 5.92 Å². The van der Waals surface area contributed by atoms with Crippen LogP contribution in [0.5, 0.6) is 0 Å². The van der Waals surface area contributed by atoms with E-state index in [2.05, 4.69) is 70.0 Å². The van der Waals surface area contributed by atoms with E-state index >= 15 is 0 Å². The van der Waals surface area contributed by atoms with Crippen LogP contribution in [0.1, 0.15) is 99.3 Å². The Hall–Kier alpha value is -1.35. The lowest BCUT2D eigenvalue weighted by molar-refractivity contribution is -0.123. The van der Waals surface area contributed by atoms with Crippen molar-refractivity contribution in [2.45, 2.75) is 105 Å². The minimum absolute atomic E-state index is 0.236. The van der Waals surface area contributed by atoms with Gasteiger partial charge in [0, 0.05) is 19.0 Å². The zero-order valence-corrected chi connectivity index (χ0v) is 20.7. The molecule has 1 rings (SSSR count). The van der Waals surface area contributed by atoms with E-state index in [0.717, 1.165) is 51.6 Å². The average molecular weight is 417 g/mol. The summed E-state index contributed by atoms with van der Waals surface area (Å²) < 4.78 is 0. The van der Waals surface area contributed by atoms with Gasteiger partial charge in [-0.05, 0) is 98.1 Å². The van der Waals surface area contributed by atoms with Gasteiger partial charge < -0.3 is 10.2 Å². The van der Waals surface area contributed by atoms with E-state index in [1.54, 1.807) is 0 Å². The molecule has 0 bridgehead atoms. The Balaban J connectivity index is 2.20. The number of nitrogens with one attached hydrogen (secondary N) is 1. The van der Waals surface area contributed by atoms with E-state index in [0.29, 0.717) is 18.4 Å². The number of hydrogen-bond donors (Lipinski definition) is 1. The Morgan fingerprint density at radius 1 is 1.03 bits per heavy atom. The van der Waals surface area contributed by atoms with Gasteiger partial charge >= 0.3 is 0 Å². The van der Waals surface area contributed by atoms with E-state index in [9.17, 15) is 4.79 Å². The topological polar surface area (TPSA) is 32.3 Å². The van der Waals surface area contributed by atoms with Gasteiger partial charge in [-0.15, -0.1) is 0 Å². The zero-order chi connectivity index (χ0) is 22.4. The van der Waals surface area contributed by atoms with Crippen molar-refractivity contribution in [3.05, 3.63) is 34.9 Å². The van der Waals surface area contributed by atoms with Crippen LogP contribution in [0.4, 0.5) is 0 Å². The first-order valence-corrected chi connectivity index (χ1v) is 12.3. The van der Waals surface area contributed by atoms with Crippen LogP contribution in [-0.2, 0) is 4.79 Å². The molecule has 1 aliphatic rings. The highest BCUT2D eigenvalue weighted by molar-refractivity contribution is 5.76. The molecule has 1 fully saturated rings. The molecule has 0 aromatic carbocycles. The largest absolute Gasteiger partial charge is 0.352 e. The van der Waals surface area contributed by atoms with Crippen LogP contribution in [-0.4, -0.2) is 36.5 Å². The van der Waals surface area contributed by atoms with Gasteiger partial charge in [0.1, 0.15) is 0 Å². The number of nitrogens with zero attached hydrogens (tertiary/aromatic N) is 1. The van der Waals surface area contributed by atoms with Gasteiger partial charge in [0.2, 0.25) is 5.91 Å². The van der Waals surface area contributed by atoms with Crippen LogP contribution in [0.2, 0.25) is 0 Å². The molecule has 0 aliphatic carbocycles. The first kappa shape index (κ1) is 26.7. The van der Waals surface area contributed by atoms with Crippen molar-refractivity contribution in [1.29, 1.82) is 0 Å². The van der Waals surface area contributed by atoms with E-state index < -0.39 is 0 Å². The van der Waals surface area contributed by atoms with Gasteiger partial charge in [0.15, 0.2) is 0 Å². The first-order valence-electron chi connectivity index (χ1n) is 12.3. The van der Waals surface area contributed by atoms with E-state index in [-0.39, 0.29) is 5.91 Å². The first-order chi connectivity index (χ1) is 14.3. The lowest BCUT2D eigenvalue weighted by Crippen LogP contribution is -2.47. The second-order valence-corrected chi connectivity index (χ2v) is 9.65. The number of allylic oxidation sites excluding steroid dienone is 6. The van der Waals surface area contributed by atoms with Crippen LogP contribution in [0.15, 0.2) is 34.9 Å². The Morgan fingerprint density at radius 3 is 2.30 bits per heavy atom. The molecule has 2 unspecified atom stereocenters. The third-order valence-electron chi connectivity index (χ3n) is 6.13. The molecule has 172 valence electrons. The standard InChI is InChI=1S/C27H48N2O/c1-7-29-19-11-18-26(21-29)28-27(30)20-25(6)17-10-16-24(5)15-9-14-23(4)13-8-12-22(2)3/h12,14,16,25-26H,7-11,13,15,17-21H2,1-6H3,(H,28,30). The SMILES string of the molecule is CCN1CCCC(NC(=O)CC(C)CCC=C(C)CCC=C(C)CCC=C(C)C)C1. The molecule has 1 saturated heterocycles. The number of amides is 1. The number of hydrogen-bond acceptors (Lipinski definition) is 2. The van der Waals surface area contributed by atoms with Crippen LogP contribution in [0.25, 0.3) is 0 Å². The Morgan fingerprint density at radius 2 is 1.67 bits per heavy atom. The molecule has 1 aliphatic heterocycles. The quantitative estimate of drug-likeness (QED) is 0.334. The van der Waals surface area contributed by atoms with E-state index in [1.165, 1.54) is 36.1 Å². The molecule has 1 amide bonds. The Kier molecular flexibility index (Phi) is 13.7. The van der Waals surface area contributed by atoms with E-state index in [1.807, 2.05) is 0 Å². The minimum atomic E-state index is 0.236. The summed E-state index contributed by atoms with van der Waals surface area (Å²) in [6.45, 7) is 16.5. The number of likely N-dealkylation sites (N-methyl/N-ethyl adjacent to an activating group) is 1. The summed E-state index contributed by atoms with van der Waals surface area (Å²) in [7, 11) is 0. The average Bonchev–Trinajstić information content (AvgIpc) is 2.67. The molecule has 0 saturated carbocycles. The van der Waals surface area contributed by atoms with Crippen molar-refractivity contribution >= 4 is 5.91 Å². The molecule has 30 heavy (non-hydrogen) atoms. The van der Waals surface area contributed by atoms with Crippen LogP contribution in [0, 0.1) is 5.92 Å². The zero-order valence-electron chi connectivity index (χ0n) is 20.7. The highest BCUT2D eigenvalue weighted by atomic mass is 16.1. The second-order valence-electron chi connectivity index (χ2n) is 9.65. The smallest absolute Gasteiger partial charge is 0.220 e. The summed E-state index contributed by atoms with van der Waals surface area (Å²) in [6.07, 6.45) is 16.8. The molecule has 2 atom stereocenters. The molecule has 0 spiro atoms. The van der Waals surface area contributed by atoms with E-state index in [4.69, 9.17) is 0 Å². The molecule has 0 radical (unpaired) electrons. The summed E-state index contributed by atoms with van der Waals surface area (Å²) in [5.41, 5.74) is 4.38. The fraction of sp³-hybridized carbons (Fsp3) is 0.741. The summed E-state index contributed by atoms with van der Waals surface area (Å²) in [4.78, 5) is 14.8. The minimum Gasteiger partial charge on any atom is -0.352 e. The molecule has 0 aromatic rings. The van der Waals surface area contributed by atoms with Crippen LogP contribution < -0.4 is 5.32 Å². The lowest BCUT2D eigenvalue weighted by atomic mass is 9.98. The fourth-order valence-electron chi connectivity index (χ4n) is 4.12. The van der Waals surface area contributed by atoms with Gasteiger partial charge in [-0.1, -0.05) is 48.8 Å². The van der Waals surface area contributed by atoms with Gasteiger partial charge in [-0.25, -0.2) is 0 Å². The van der Waals surface area contributed by atoms with Crippen molar-refractivity contribution < 1.29 is 4.79 Å². The summed E-state index contributed by atoms with van der Waals surface area (Å²) >= 11 is 0. The Bertz CT molecular complexity index is 584. The van der Waals surface area contributed by atoms with Gasteiger partial charge in [-0.3, -0.25) is 4.79 Å². The third kappa shape index (κ3) is 13.1. The predicted octanol–water partition coefficient (Wildman–Crippen LogP) is 6.81. The number of piperidine rings is 1.